The molecule has 8 heteroatoms. The molecule has 0 bridgehead atoms. The summed E-state index contributed by atoms with van der Waals surface area (Å²) in [5, 5.41) is 4.38. The highest BCUT2D eigenvalue weighted by Crippen LogP contribution is 2.26. The molecule has 6 nitrogen and oxygen atoms in total. The lowest BCUT2D eigenvalue weighted by molar-refractivity contribution is 0.103. The minimum absolute atomic E-state index is 0.133. The summed E-state index contributed by atoms with van der Waals surface area (Å²) in [4.78, 5) is 17.2. The number of carbonyl (C=O) groups excluding carboxylic acids is 1. The van der Waals surface area contributed by atoms with Gasteiger partial charge in [-0.05, 0) is 55.1 Å². The van der Waals surface area contributed by atoms with E-state index in [0.717, 1.165) is 22.6 Å². The Hall–Kier alpha value is -2.71. The predicted molar refractivity (Wildman–Crippen MR) is 103 cm³/mol. The van der Waals surface area contributed by atoms with Gasteiger partial charge in [-0.25, -0.2) is 13.4 Å². The number of benzene rings is 1. The van der Waals surface area contributed by atoms with Crippen molar-refractivity contribution < 1.29 is 13.2 Å². The summed E-state index contributed by atoms with van der Waals surface area (Å²) in [5.74, 6) is 0.0148. The highest BCUT2D eigenvalue weighted by Gasteiger charge is 2.20. The van der Waals surface area contributed by atoms with Crippen LogP contribution in [0, 0.1) is 13.8 Å². The van der Waals surface area contributed by atoms with E-state index < -0.39 is 15.9 Å². The van der Waals surface area contributed by atoms with E-state index in [0.29, 0.717) is 5.82 Å². The first kappa shape index (κ1) is 18.1. The van der Waals surface area contributed by atoms with E-state index in [-0.39, 0.29) is 15.5 Å². The highest BCUT2D eigenvalue weighted by molar-refractivity contribution is 7.92. The van der Waals surface area contributed by atoms with Crippen LogP contribution in [0.4, 0.5) is 11.5 Å². The van der Waals surface area contributed by atoms with E-state index in [9.17, 15) is 13.2 Å². The summed E-state index contributed by atoms with van der Waals surface area (Å²) in [6.07, 6.45) is 0. The molecule has 3 rings (SSSR count). The third kappa shape index (κ3) is 4.09. The highest BCUT2D eigenvalue weighted by atomic mass is 32.2. The molecule has 0 aliphatic rings. The predicted octanol–water partition coefficient (Wildman–Crippen LogP) is 3.81. The van der Waals surface area contributed by atoms with Gasteiger partial charge in [-0.2, -0.15) is 0 Å². The summed E-state index contributed by atoms with van der Waals surface area (Å²) in [6, 6.07) is 13.2. The average Bonchev–Trinajstić information content (AvgIpc) is 3.02. The zero-order chi connectivity index (χ0) is 18.7. The van der Waals surface area contributed by atoms with Crippen molar-refractivity contribution in [3.05, 3.63) is 70.0 Å². The first-order valence-electron chi connectivity index (χ1n) is 7.77. The van der Waals surface area contributed by atoms with Gasteiger partial charge in [-0.1, -0.05) is 18.2 Å². The van der Waals surface area contributed by atoms with Gasteiger partial charge in [-0.3, -0.25) is 9.52 Å². The van der Waals surface area contributed by atoms with E-state index >= 15 is 0 Å². The Bertz CT molecular complexity index is 1020. The molecule has 0 aliphatic carbocycles. The third-order valence-corrected chi connectivity index (χ3v) is 5.80. The number of nitrogens with one attached hydrogen (secondary N) is 2. The van der Waals surface area contributed by atoms with Crippen LogP contribution in [0.3, 0.4) is 0 Å². The Morgan fingerprint density at radius 3 is 2.50 bits per heavy atom. The molecule has 2 aromatic heterocycles. The van der Waals surface area contributed by atoms with Gasteiger partial charge in [0, 0.05) is 5.69 Å². The number of pyridine rings is 1. The number of aryl methyl sites for hydroxylation is 2. The smallest absolute Gasteiger partial charge is 0.269 e. The van der Waals surface area contributed by atoms with Crippen LogP contribution in [0.15, 0.2) is 58.8 Å². The van der Waals surface area contributed by atoms with Crippen molar-refractivity contribution in [1.82, 2.24) is 4.98 Å². The third-order valence-electron chi connectivity index (χ3n) is 3.51. The molecule has 26 heavy (non-hydrogen) atoms. The van der Waals surface area contributed by atoms with Gasteiger partial charge in [0.05, 0.1) is 10.6 Å². The van der Waals surface area contributed by atoms with Gasteiger partial charge in [0.1, 0.15) is 10.7 Å². The van der Waals surface area contributed by atoms with E-state index in [2.05, 4.69) is 15.0 Å². The van der Waals surface area contributed by atoms with Crippen molar-refractivity contribution in [3.63, 3.8) is 0 Å². The fourth-order valence-corrected chi connectivity index (χ4v) is 4.35. The maximum atomic E-state index is 12.6. The molecule has 2 heterocycles. The van der Waals surface area contributed by atoms with E-state index in [4.69, 9.17) is 0 Å². The number of aromatic nitrogens is 1. The lowest BCUT2D eigenvalue weighted by atomic mass is 10.2. The van der Waals surface area contributed by atoms with Crippen LogP contribution < -0.4 is 10.0 Å². The van der Waals surface area contributed by atoms with Crippen molar-refractivity contribution in [2.75, 3.05) is 10.0 Å². The van der Waals surface area contributed by atoms with E-state index in [1.54, 1.807) is 35.7 Å². The molecule has 0 unspecified atom stereocenters. The summed E-state index contributed by atoms with van der Waals surface area (Å²) in [7, 11) is -3.76. The van der Waals surface area contributed by atoms with Crippen LogP contribution in [0.1, 0.15) is 20.9 Å². The molecule has 0 aliphatic heterocycles. The van der Waals surface area contributed by atoms with Gasteiger partial charge < -0.3 is 5.32 Å². The number of thiophene rings is 1. The number of carbonyl (C=O) groups is 1. The Labute approximate surface area is 156 Å². The lowest BCUT2D eigenvalue weighted by Crippen LogP contribution is -2.17. The molecule has 2 N–H and O–H groups in total. The van der Waals surface area contributed by atoms with Crippen LogP contribution in [0.25, 0.3) is 0 Å². The van der Waals surface area contributed by atoms with Gasteiger partial charge in [0.25, 0.3) is 15.9 Å². The molecule has 1 aromatic carbocycles. The molecular weight excluding hydrogens is 370 g/mol. The number of hydrogen-bond donors (Lipinski definition) is 2. The van der Waals surface area contributed by atoms with Crippen LogP contribution in [-0.4, -0.2) is 19.3 Å². The summed E-state index contributed by atoms with van der Waals surface area (Å²) >= 11 is 1.15. The van der Waals surface area contributed by atoms with E-state index in [1.807, 2.05) is 19.9 Å². The number of anilines is 2. The second kappa shape index (κ2) is 7.27. The zero-order valence-electron chi connectivity index (χ0n) is 14.2. The normalized spacial score (nSPS) is 11.2. The second-order valence-electron chi connectivity index (χ2n) is 5.71. The van der Waals surface area contributed by atoms with Crippen molar-refractivity contribution in [3.8, 4) is 0 Å². The average molecular weight is 387 g/mol. The Balaban J connectivity index is 1.83. The molecule has 0 saturated heterocycles. The Morgan fingerprint density at radius 2 is 1.81 bits per heavy atom. The van der Waals surface area contributed by atoms with Gasteiger partial charge in [0.15, 0.2) is 0 Å². The molecular formula is C18H17N3O3S2. The summed E-state index contributed by atoms with van der Waals surface area (Å²) in [6.45, 7) is 3.75. The second-order valence-corrected chi connectivity index (χ2v) is 8.31. The van der Waals surface area contributed by atoms with Crippen molar-refractivity contribution in [1.29, 1.82) is 0 Å². The fourth-order valence-electron chi connectivity index (χ4n) is 2.45. The number of nitrogens with zero attached hydrogens (tertiary/aromatic N) is 1. The topological polar surface area (TPSA) is 88.2 Å². The van der Waals surface area contributed by atoms with Gasteiger partial charge in [0.2, 0.25) is 0 Å². The summed E-state index contributed by atoms with van der Waals surface area (Å²) < 4.78 is 27.4. The van der Waals surface area contributed by atoms with Crippen molar-refractivity contribution in [2.45, 2.75) is 18.7 Å². The minimum atomic E-state index is -3.76. The van der Waals surface area contributed by atoms with E-state index in [1.165, 1.54) is 12.1 Å². The SMILES string of the molecule is Cc1cc(C)nc(NC(=O)c2sccc2NS(=O)(=O)c2ccccc2)c1. The largest absolute Gasteiger partial charge is 0.306 e. The molecule has 0 radical (unpaired) electrons. The molecule has 0 spiro atoms. The Kier molecular flexibility index (Phi) is 5.06. The van der Waals surface area contributed by atoms with Crippen molar-refractivity contribution in [2.24, 2.45) is 0 Å². The maximum absolute atomic E-state index is 12.6. The van der Waals surface area contributed by atoms with Crippen LogP contribution in [-0.2, 0) is 10.0 Å². The number of rotatable bonds is 5. The standard InChI is InChI=1S/C18H17N3O3S2/c1-12-10-13(2)19-16(11-12)20-18(22)17-15(8-9-25-17)21-26(23,24)14-6-4-3-5-7-14/h3-11,21H,1-2H3,(H,19,20,22). The van der Waals surface area contributed by atoms with Crippen molar-refractivity contribution >= 4 is 38.8 Å². The van der Waals surface area contributed by atoms with Crippen LogP contribution >= 0.6 is 11.3 Å². The quantitative estimate of drug-likeness (QED) is 0.697. The number of hydrogen-bond acceptors (Lipinski definition) is 5. The molecule has 0 fully saturated rings. The van der Waals surface area contributed by atoms with Crippen LogP contribution in [0.5, 0.6) is 0 Å². The fraction of sp³-hybridized carbons (Fsp3) is 0.111. The monoisotopic (exact) mass is 387 g/mol. The Morgan fingerprint density at radius 1 is 1.08 bits per heavy atom. The lowest BCUT2D eigenvalue weighted by Gasteiger charge is -2.10. The number of amides is 1. The molecule has 0 saturated carbocycles. The maximum Gasteiger partial charge on any atom is 0.269 e. The molecule has 0 atom stereocenters. The first-order valence-corrected chi connectivity index (χ1v) is 10.1. The van der Waals surface area contributed by atoms with Gasteiger partial charge in [-0.15, -0.1) is 11.3 Å². The molecule has 1 amide bonds. The summed E-state index contributed by atoms with van der Waals surface area (Å²) in [5.41, 5.74) is 2.00. The van der Waals surface area contributed by atoms with Crippen LogP contribution in [0.2, 0.25) is 0 Å². The van der Waals surface area contributed by atoms with Gasteiger partial charge >= 0.3 is 0 Å². The number of sulfonamides is 1. The zero-order valence-corrected chi connectivity index (χ0v) is 15.8. The molecule has 3 aromatic rings. The first-order chi connectivity index (χ1) is 12.3. The molecule has 134 valence electrons. The minimum Gasteiger partial charge on any atom is -0.306 e.